The number of methoxy groups -OCH3 is 1. The number of aromatic nitrogens is 1. The molecule has 0 spiro atoms. The Morgan fingerprint density at radius 2 is 1.89 bits per heavy atom. The van der Waals surface area contributed by atoms with E-state index in [2.05, 4.69) is 4.99 Å². The Morgan fingerprint density at radius 1 is 1.14 bits per heavy atom. The molecular formula is C21H22N2O4S. The van der Waals surface area contributed by atoms with Crippen LogP contribution >= 0.6 is 11.3 Å². The van der Waals surface area contributed by atoms with Crippen LogP contribution in [0.1, 0.15) is 18.1 Å². The third kappa shape index (κ3) is 4.67. The van der Waals surface area contributed by atoms with E-state index in [1.54, 1.807) is 4.57 Å². The van der Waals surface area contributed by atoms with Gasteiger partial charge in [0.1, 0.15) is 12.3 Å². The van der Waals surface area contributed by atoms with Gasteiger partial charge in [-0.05, 0) is 37.6 Å². The molecule has 3 aromatic rings. The summed E-state index contributed by atoms with van der Waals surface area (Å²) in [6, 6.07) is 13.4. The Bertz CT molecular complexity index is 1060. The molecule has 0 radical (unpaired) electrons. The summed E-state index contributed by atoms with van der Waals surface area (Å²) in [4.78, 5) is 29.1. The molecular weight excluding hydrogens is 376 g/mol. The second-order valence-corrected chi connectivity index (χ2v) is 7.29. The molecule has 3 rings (SSSR count). The van der Waals surface area contributed by atoms with Crippen LogP contribution in [0.5, 0.6) is 5.75 Å². The second kappa shape index (κ2) is 8.84. The van der Waals surface area contributed by atoms with Gasteiger partial charge in [-0.15, -0.1) is 0 Å². The van der Waals surface area contributed by atoms with Crippen molar-refractivity contribution in [3.63, 3.8) is 0 Å². The first-order chi connectivity index (χ1) is 13.5. The van der Waals surface area contributed by atoms with Crippen molar-refractivity contribution in [1.29, 1.82) is 0 Å². The molecule has 0 saturated heterocycles. The van der Waals surface area contributed by atoms with Gasteiger partial charge in [0, 0.05) is 0 Å². The fraction of sp³-hybridized carbons (Fsp3) is 0.286. The average Bonchev–Trinajstić information content (AvgIpc) is 3.00. The van der Waals surface area contributed by atoms with Crippen LogP contribution in [0.3, 0.4) is 0 Å². The lowest BCUT2D eigenvalue weighted by molar-refractivity contribution is -0.141. The molecule has 0 bridgehead atoms. The third-order valence-corrected chi connectivity index (χ3v) is 5.22. The van der Waals surface area contributed by atoms with E-state index in [0.29, 0.717) is 11.4 Å². The zero-order valence-corrected chi connectivity index (χ0v) is 16.9. The normalized spacial score (nSPS) is 11.6. The molecule has 2 aromatic carbocycles. The number of esters is 1. The molecule has 1 amide bonds. The number of hydrogen-bond acceptors (Lipinski definition) is 5. The molecule has 28 heavy (non-hydrogen) atoms. The van der Waals surface area contributed by atoms with Crippen LogP contribution in [0.15, 0.2) is 47.5 Å². The summed E-state index contributed by atoms with van der Waals surface area (Å²) >= 11 is 1.35. The maximum atomic E-state index is 12.5. The van der Waals surface area contributed by atoms with Gasteiger partial charge in [-0.25, -0.2) is 0 Å². The summed E-state index contributed by atoms with van der Waals surface area (Å²) in [7, 11) is 1.34. The van der Waals surface area contributed by atoms with Crippen molar-refractivity contribution in [3.8, 4) is 5.75 Å². The molecule has 0 saturated carbocycles. The van der Waals surface area contributed by atoms with Crippen LogP contribution in [-0.2, 0) is 27.3 Å². The number of carbonyl (C=O) groups excluding carboxylic acids is 2. The van der Waals surface area contributed by atoms with Crippen LogP contribution in [0.2, 0.25) is 0 Å². The zero-order chi connectivity index (χ0) is 20.1. The lowest BCUT2D eigenvalue weighted by Crippen LogP contribution is -2.22. The average molecular weight is 398 g/mol. The summed E-state index contributed by atoms with van der Waals surface area (Å²) < 4.78 is 12.9. The lowest BCUT2D eigenvalue weighted by atomic mass is 10.1. The number of nitrogens with zero attached hydrogens (tertiary/aromatic N) is 2. The summed E-state index contributed by atoms with van der Waals surface area (Å²) in [5.74, 6) is 0.0686. The topological polar surface area (TPSA) is 69.9 Å². The van der Waals surface area contributed by atoms with Crippen molar-refractivity contribution in [2.24, 2.45) is 4.99 Å². The Kier molecular flexibility index (Phi) is 6.26. The van der Waals surface area contributed by atoms with Crippen molar-refractivity contribution >= 4 is 33.4 Å². The molecule has 0 unspecified atom stereocenters. The van der Waals surface area contributed by atoms with Gasteiger partial charge in [-0.1, -0.05) is 41.2 Å². The van der Waals surface area contributed by atoms with Gasteiger partial charge < -0.3 is 14.0 Å². The standard InChI is InChI=1S/C21H22N2O4S/c1-4-27-16-9-10-17-18(12-16)28-21(23(17)13-20(25)26-3)22-19(24)11-15-7-5-14(2)6-8-15/h5-10,12H,4,11,13H2,1-3H3. The largest absolute Gasteiger partial charge is 0.494 e. The third-order valence-electron chi connectivity index (χ3n) is 4.18. The Hall–Kier alpha value is -2.93. The maximum Gasteiger partial charge on any atom is 0.325 e. The van der Waals surface area contributed by atoms with E-state index in [1.165, 1.54) is 18.4 Å². The van der Waals surface area contributed by atoms with Crippen molar-refractivity contribution in [1.82, 2.24) is 4.57 Å². The highest BCUT2D eigenvalue weighted by Gasteiger charge is 2.13. The van der Waals surface area contributed by atoms with Crippen LogP contribution in [0, 0.1) is 6.92 Å². The number of benzene rings is 2. The van der Waals surface area contributed by atoms with Crippen molar-refractivity contribution in [3.05, 3.63) is 58.4 Å². The van der Waals surface area contributed by atoms with E-state index in [0.717, 1.165) is 27.1 Å². The number of hydrogen-bond donors (Lipinski definition) is 0. The first-order valence-corrected chi connectivity index (χ1v) is 9.78. The highest BCUT2D eigenvalue weighted by atomic mass is 32.1. The summed E-state index contributed by atoms with van der Waals surface area (Å²) in [5.41, 5.74) is 2.85. The molecule has 0 aliphatic rings. The van der Waals surface area contributed by atoms with Crippen LogP contribution in [0.4, 0.5) is 0 Å². The highest BCUT2D eigenvalue weighted by Crippen LogP contribution is 2.23. The van der Waals surface area contributed by atoms with Gasteiger partial charge >= 0.3 is 5.97 Å². The van der Waals surface area contributed by atoms with Gasteiger partial charge in [0.25, 0.3) is 5.91 Å². The minimum absolute atomic E-state index is 0.0128. The van der Waals surface area contributed by atoms with Crippen molar-refractivity contribution in [2.45, 2.75) is 26.8 Å². The van der Waals surface area contributed by atoms with Gasteiger partial charge in [0.15, 0.2) is 4.80 Å². The monoisotopic (exact) mass is 398 g/mol. The Labute approximate surface area is 167 Å². The fourth-order valence-electron chi connectivity index (χ4n) is 2.77. The molecule has 0 atom stereocenters. The first kappa shape index (κ1) is 19.8. The molecule has 0 aliphatic heterocycles. The molecule has 7 heteroatoms. The summed E-state index contributed by atoms with van der Waals surface area (Å²) in [5, 5.41) is 0. The Balaban J connectivity index is 1.99. The van der Waals surface area contributed by atoms with E-state index in [-0.39, 0.29) is 18.9 Å². The predicted molar refractivity (Wildman–Crippen MR) is 108 cm³/mol. The first-order valence-electron chi connectivity index (χ1n) is 8.96. The summed E-state index contributed by atoms with van der Waals surface area (Å²) in [6.45, 7) is 4.46. The minimum Gasteiger partial charge on any atom is -0.494 e. The lowest BCUT2D eigenvalue weighted by Gasteiger charge is -2.05. The van der Waals surface area contributed by atoms with E-state index in [9.17, 15) is 9.59 Å². The van der Waals surface area contributed by atoms with E-state index in [1.807, 2.05) is 56.3 Å². The predicted octanol–water partition coefficient (Wildman–Crippen LogP) is 3.25. The SMILES string of the molecule is CCOc1ccc2c(c1)sc(=NC(=O)Cc1ccc(C)cc1)n2CC(=O)OC. The molecule has 1 aromatic heterocycles. The second-order valence-electron chi connectivity index (χ2n) is 6.28. The molecule has 6 nitrogen and oxygen atoms in total. The van der Waals surface area contributed by atoms with E-state index in [4.69, 9.17) is 9.47 Å². The van der Waals surface area contributed by atoms with Crippen LogP contribution in [0.25, 0.3) is 10.2 Å². The van der Waals surface area contributed by atoms with Gasteiger partial charge in [-0.2, -0.15) is 4.99 Å². The zero-order valence-electron chi connectivity index (χ0n) is 16.1. The van der Waals surface area contributed by atoms with Crippen LogP contribution < -0.4 is 9.54 Å². The van der Waals surface area contributed by atoms with E-state index < -0.39 is 5.97 Å². The molecule has 1 heterocycles. The van der Waals surface area contributed by atoms with E-state index >= 15 is 0 Å². The number of carbonyl (C=O) groups is 2. The van der Waals surface area contributed by atoms with Crippen molar-refractivity contribution < 1.29 is 19.1 Å². The molecule has 0 fully saturated rings. The number of thiazole rings is 1. The Morgan fingerprint density at radius 3 is 2.57 bits per heavy atom. The smallest absolute Gasteiger partial charge is 0.325 e. The number of rotatable bonds is 6. The maximum absolute atomic E-state index is 12.5. The molecule has 0 aliphatic carbocycles. The highest BCUT2D eigenvalue weighted by molar-refractivity contribution is 7.16. The number of aryl methyl sites for hydroxylation is 1. The van der Waals surface area contributed by atoms with Gasteiger partial charge in [-0.3, -0.25) is 9.59 Å². The number of ether oxygens (including phenoxy) is 2. The summed E-state index contributed by atoms with van der Waals surface area (Å²) in [6.07, 6.45) is 0.205. The van der Waals surface area contributed by atoms with Gasteiger partial charge in [0.2, 0.25) is 0 Å². The minimum atomic E-state index is -0.402. The molecule has 0 N–H and O–H groups in total. The fourth-order valence-corrected chi connectivity index (χ4v) is 3.84. The van der Waals surface area contributed by atoms with Gasteiger partial charge in [0.05, 0.1) is 30.4 Å². The van der Waals surface area contributed by atoms with Crippen LogP contribution in [-0.4, -0.2) is 30.2 Å². The van der Waals surface area contributed by atoms with Crippen molar-refractivity contribution in [2.75, 3.05) is 13.7 Å². The molecule has 146 valence electrons. The number of fused-ring (bicyclic) bond motifs is 1. The number of amides is 1. The quantitative estimate of drug-likeness (QED) is 0.598.